The molecular formula is C10H10N2OS. The van der Waals surface area contributed by atoms with Gasteiger partial charge in [-0.05, 0) is 31.5 Å². The van der Waals surface area contributed by atoms with Crippen LogP contribution in [0.2, 0.25) is 0 Å². The molecule has 0 unspecified atom stereocenters. The highest BCUT2D eigenvalue weighted by molar-refractivity contribution is 7.20. The average Bonchev–Trinajstić information content (AvgIpc) is 2.43. The Bertz CT molecular complexity index is 516. The summed E-state index contributed by atoms with van der Waals surface area (Å²) < 4.78 is 0. The molecule has 0 saturated heterocycles. The van der Waals surface area contributed by atoms with Gasteiger partial charge in [-0.3, -0.25) is 4.79 Å². The molecule has 0 radical (unpaired) electrons. The number of hydrogen-bond donors (Lipinski definition) is 1. The molecule has 0 aromatic carbocycles. The van der Waals surface area contributed by atoms with E-state index in [9.17, 15) is 4.79 Å². The highest BCUT2D eigenvalue weighted by Crippen LogP contribution is 2.28. The minimum absolute atomic E-state index is 0.372. The number of fused-ring (bicyclic) bond motifs is 1. The molecule has 0 spiro atoms. The first-order valence-electron chi connectivity index (χ1n) is 4.26. The van der Waals surface area contributed by atoms with E-state index in [0.717, 1.165) is 21.5 Å². The summed E-state index contributed by atoms with van der Waals surface area (Å²) >= 11 is 1.36. The van der Waals surface area contributed by atoms with Crippen LogP contribution in [0.5, 0.6) is 0 Å². The molecule has 4 heteroatoms. The third kappa shape index (κ3) is 1.28. The number of aromatic nitrogens is 1. The van der Waals surface area contributed by atoms with E-state index in [4.69, 9.17) is 5.73 Å². The van der Waals surface area contributed by atoms with Gasteiger partial charge in [0.25, 0.3) is 5.91 Å². The van der Waals surface area contributed by atoms with Crippen molar-refractivity contribution < 1.29 is 4.79 Å². The third-order valence-corrected chi connectivity index (χ3v) is 3.38. The van der Waals surface area contributed by atoms with E-state index in [1.54, 1.807) is 0 Å². The fourth-order valence-electron chi connectivity index (χ4n) is 1.43. The van der Waals surface area contributed by atoms with Gasteiger partial charge in [-0.25, -0.2) is 4.98 Å². The number of thiophene rings is 1. The lowest BCUT2D eigenvalue weighted by atomic mass is 10.2. The van der Waals surface area contributed by atoms with Crippen molar-refractivity contribution in [3.63, 3.8) is 0 Å². The first-order chi connectivity index (χ1) is 6.59. The summed E-state index contributed by atoms with van der Waals surface area (Å²) in [6, 6.07) is 3.92. The van der Waals surface area contributed by atoms with Crippen molar-refractivity contribution in [1.29, 1.82) is 0 Å². The molecule has 1 amide bonds. The van der Waals surface area contributed by atoms with Gasteiger partial charge >= 0.3 is 0 Å². The van der Waals surface area contributed by atoms with Crippen molar-refractivity contribution in [3.8, 4) is 0 Å². The third-order valence-electron chi connectivity index (χ3n) is 2.17. The normalized spacial score (nSPS) is 10.7. The molecule has 0 saturated carbocycles. The molecule has 0 aliphatic rings. The van der Waals surface area contributed by atoms with Crippen molar-refractivity contribution in [3.05, 3.63) is 28.3 Å². The van der Waals surface area contributed by atoms with Crippen LogP contribution in [0.1, 0.15) is 20.9 Å². The van der Waals surface area contributed by atoms with Gasteiger partial charge in [0.15, 0.2) is 0 Å². The molecule has 2 N–H and O–H groups in total. The van der Waals surface area contributed by atoms with Crippen molar-refractivity contribution in [2.75, 3.05) is 0 Å². The molecule has 0 bridgehead atoms. The molecule has 2 aromatic rings. The second-order valence-corrected chi connectivity index (χ2v) is 4.22. The van der Waals surface area contributed by atoms with E-state index < -0.39 is 0 Å². The number of hydrogen-bond acceptors (Lipinski definition) is 3. The number of rotatable bonds is 1. The van der Waals surface area contributed by atoms with Crippen LogP contribution >= 0.6 is 11.3 Å². The standard InChI is InChI=1S/C10H10N2OS/c1-5-3-4-7-6(2)8(9(11)13)14-10(7)12-5/h3-4H,1-2H3,(H2,11,13). The van der Waals surface area contributed by atoms with Gasteiger partial charge in [-0.2, -0.15) is 0 Å². The van der Waals surface area contributed by atoms with Crippen LogP contribution in [-0.2, 0) is 0 Å². The number of aryl methyl sites for hydroxylation is 2. The lowest BCUT2D eigenvalue weighted by Crippen LogP contribution is -2.09. The predicted molar refractivity (Wildman–Crippen MR) is 57.6 cm³/mol. The lowest BCUT2D eigenvalue weighted by Gasteiger charge is -1.92. The van der Waals surface area contributed by atoms with E-state index in [1.165, 1.54) is 11.3 Å². The summed E-state index contributed by atoms with van der Waals surface area (Å²) in [7, 11) is 0. The Morgan fingerprint density at radius 3 is 2.79 bits per heavy atom. The van der Waals surface area contributed by atoms with E-state index >= 15 is 0 Å². The van der Waals surface area contributed by atoms with Crippen LogP contribution in [0.4, 0.5) is 0 Å². The van der Waals surface area contributed by atoms with Crippen molar-refractivity contribution in [2.24, 2.45) is 5.73 Å². The molecule has 2 aromatic heterocycles. The second kappa shape index (κ2) is 3.06. The number of carbonyl (C=O) groups excluding carboxylic acids is 1. The fraction of sp³-hybridized carbons (Fsp3) is 0.200. The van der Waals surface area contributed by atoms with Crippen LogP contribution in [0.3, 0.4) is 0 Å². The van der Waals surface area contributed by atoms with Crippen LogP contribution < -0.4 is 5.73 Å². The first kappa shape index (κ1) is 9.15. The summed E-state index contributed by atoms with van der Waals surface area (Å²) in [4.78, 5) is 16.9. The quantitative estimate of drug-likeness (QED) is 0.776. The number of amides is 1. The number of nitrogens with two attached hydrogens (primary N) is 1. The topological polar surface area (TPSA) is 56.0 Å². The van der Waals surface area contributed by atoms with Crippen molar-refractivity contribution in [2.45, 2.75) is 13.8 Å². The van der Waals surface area contributed by atoms with Gasteiger partial charge in [0, 0.05) is 11.1 Å². The number of primary amides is 1. The minimum atomic E-state index is -0.372. The van der Waals surface area contributed by atoms with Crippen LogP contribution in [0.25, 0.3) is 10.2 Å². The van der Waals surface area contributed by atoms with Crippen molar-refractivity contribution in [1.82, 2.24) is 4.98 Å². The molecule has 14 heavy (non-hydrogen) atoms. The zero-order valence-electron chi connectivity index (χ0n) is 8.00. The highest BCUT2D eigenvalue weighted by Gasteiger charge is 2.13. The molecule has 3 nitrogen and oxygen atoms in total. The van der Waals surface area contributed by atoms with Crippen LogP contribution in [0.15, 0.2) is 12.1 Å². The van der Waals surface area contributed by atoms with Gasteiger partial charge < -0.3 is 5.73 Å². The molecule has 2 heterocycles. The molecule has 0 aliphatic carbocycles. The Kier molecular flexibility index (Phi) is 2.00. The molecule has 0 aliphatic heterocycles. The summed E-state index contributed by atoms with van der Waals surface area (Å²) in [6.45, 7) is 3.83. The zero-order valence-corrected chi connectivity index (χ0v) is 8.81. The van der Waals surface area contributed by atoms with Gasteiger partial charge in [0.2, 0.25) is 0 Å². The van der Waals surface area contributed by atoms with Crippen LogP contribution in [-0.4, -0.2) is 10.9 Å². The van der Waals surface area contributed by atoms with E-state index in [-0.39, 0.29) is 5.91 Å². The Hall–Kier alpha value is -1.42. The number of carbonyl (C=O) groups is 1. The van der Waals surface area contributed by atoms with Crippen LogP contribution in [0, 0.1) is 13.8 Å². The molecular weight excluding hydrogens is 196 g/mol. The Labute approximate surface area is 85.6 Å². The van der Waals surface area contributed by atoms with Gasteiger partial charge in [-0.15, -0.1) is 11.3 Å². The Balaban J connectivity index is 2.79. The molecule has 0 fully saturated rings. The summed E-state index contributed by atoms with van der Waals surface area (Å²) in [5, 5.41) is 1.02. The zero-order chi connectivity index (χ0) is 10.3. The van der Waals surface area contributed by atoms with E-state index in [0.29, 0.717) is 4.88 Å². The Morgan fingerprint density at radius 2 is 2.14 bits per heavy atom. The number of nitrogens with zero attached hydrogens (tertiary/aromatic N) is 1. The first-order valence-corrected chi connectivity index (χ1v) is 5.08. The summed E-state index contributed by atoms with van der Waals surface area (Å²) in [5.74, 6) is -0.372. The fourth-order valence-corrected chi connectivity index (χ4v) is 2.50. The van der Waals surface area contributed by atoms with Crippen molar-refractivity contribution >= 4 is 27.5 Å². The summed E-state index contributed by atoms with van der Waals surface area (Å²) in [6.07, 6.45) is 0. The molecule has 0 atom stereocenters. The highest BCUT2D eigenvalue weighted by atomic mass is 32.1. The van der Waals surface area contributed by atoms with E-state index in [1.807, 2.05) is 26.0 Å². The monoisotopic (exact) mass is 206 g/mol. The maximum atomic E-state index is 11.1. The minimum Gasteiger partial charge on any atom is -0.365 e. The Morgan fingerprint density at radius 1 is 1.43 bits per heavy atom. The molecule has 2 rings (SSSR count). The number of pyridine rings is 1. The van der Waals surface area contributed by atoms with Gasteiger partial charge in [0.05, 0.1) is 4.88 Å². The molecule has 72 valence electrons. The van der Waals surface area contributed by atoms with Gasteiger partial charge in [-0.1, -0.05) is 0 Å². The maximum absolute atomic E-state index is 11.1. The van der Waals surface area contributed by atoms with Gasteiger partial charge in [0.1, 0.15) is 4.83 Å². The smallest absolute Gasteiger partial charge is 0.259 e. The predicted octanol–water partition coefficient (Wildman–Crippen LogP) is 2.01. The lowest BCUT2D eigenvalue weighted by molar-refractivity contribution is 0.100. The SMILES string of the molecule is Cc1ccc2c(C)c(C(N)=O)sc2n1. The largest absolute Gasteiger partial charge is 0.365 e. The summed E-state index contributed by atoms with van der Waals surface area (Å²) in [5.41, 5.74) is 7.15. The average molecular weight is 206 g/mol. The van der Waals surface area contributed by atoms with E-state index in [2.05, 4.69) is 4.98 Å². The second-order valence-electron chi connectivity index (χ2n) is 3.23. The maximum Gasteiger partial charge on any atom is 0.259 e.